The average Bonchev–Trinajstić information content (AvgIpc) is 2.97. The lowest BCUT2D eigenvalue weighted by Crippen LogP contribution is -2.43. The molecule has 1 atom stereocenters. The molecule has 3 aromatic rings. The van der Waals surface area contributed by atoms with E-state index in [1.54, 1.807) is 0 Å². The molecule has 2 nitrogen and oxygen atoms in total. The number of aromatic amines is 1. The zero-order valence-corrected chi connectivity index (χ0v) is 14.5. The first-order valence-corrected chi connectivity index (χ1v) is 8.52. The van der Waals surface area contributed by atoms with Gasteiger partial charge in [0.25, 0.3) is 0 Å². The van der Waals surface area contributed by atoms with Crippen LogP contribution in [-0.2, 0) is 13.0 Å². The van der Waals surface area contributed by atoms with E-state index in [0.29, 0.717) is 0 Å². The zero-order chi connectivity index (χ0) is 16.3. The van der Waals surface area contributed by atoms with Gasteiger partial charge in [-0.3, -0.25) is 0 Å². The van der Waals surface area contributed by atoms with Gasteiger partial charge < -0.3 is 10.3 Å². The maximum absolute atomic E-state index is 5.96. The molecule has 2 aromatic carbocycles. The Bertz CT molecular complexity index is 776. The number of nitrogens with one attached hydrogen (secondary N) is 2. The number of hydrogen-bond acceptors (Lipinski definition) is 1. The van der Waals surface area contributed by atoms with Gasteiger partial charge in [0.1, 0.15) is 0 Å². The summed E-state index contributed by atoms with van der Waals surface area (Å²) in [6.45, 7) is 5.39. The van der Waals surface area contributed by atoms with Crippen molar-refractivity contribution in [1.29, 1.82) is 0 Å². The van der Waals surface area contributed by atoms with Gasteiger partial charge in [-0.1, -0.05) is 48.9 Å². The third-order valence-corrected chi connectivity index (χ3v) is 4.92. The van der Waals surface area contributed by atoms with Crippen molar-refractivity contribution in [3.8, 4) is 0 Å². The number of rotatable bonds is 6. The number of fused-ring (bicyclic) bond motifs is 1. The van der Waals surface area contributed by atoms with Crippen molar-refractivity contribution in [2.24, 2.45) is 0 Å². The zero-order valence-electron chi connectivity index (χ0n) is 13.7. The Morgan fingerprint density at radius 1 is 1.09 bits per heavy atom. The molecular formula is C20H23ClN2. The van der Waals surface area contributed by atoms with Crippen LogP contribution < -0.4 is 5.32 Å². The Labute approximate surface area is 142 Å². The summed E-state index contributed by atoms with van der Waals surface area (Å²) in [7, 11) is 0. The molecule has 0 fully saturated rings. The number of aromatic nitrogens is 1. The summed E-state index contributed by atoms with van der Waals surface area (Å²) in [6, 6.07) is 16.5. The van der Waals surface area contributed by atoms with E-state index >= 15 is 0 Å². The Balaban J connectivity index is 1.73. The molecule has 120 valence electrons. The Hall–Kier alpha value is -1.77. The van der Waals surface area contributed by atoms with Gasteiger partial charge in [0.2, 0.25) is 0 Å². The van der Waals surface area contributed by atoms with E-state index in [4.69, 9.17) is 11.6 Å². The van der Waals surface area contributed by atoms with Crippen LogP contribution in [0.5, 0.6) is 0 Å². The van der Waals surface area contributed by atoms with Gasteiger partial charge in [-0.25, -0.2) is 0 Å². The molecule has 0 radical (unpaired) electrons. The van der Waals surface area contributed by atoms with E-state index in [9.17, 15) is 0 Å². The maximum atomic E-state index is 5.96. The molecule has 0 saturated heterocycles. The summed E-state index contributed by atoms with van der Waals surface area (Å²) in [5.74, 6) is 0. The second-order valence-corrected chi connectivity index (χ2v) is 6.87. The lowest BCUT2D eigenvalue weighted by molar-refractivity contribution is 0.339. The van der Waals surface area contributed by atoms with E-state index < -0.39 is 0 Å². The van der Waals surface area contributed by atoms with Crippen molar-refractivity contribution in [3.63, 3.8) is 0 Å². The minimum absolute atomic E-state index is 0.0601. The fourth-order valence-corrected chi connectivity index (χ4v) is 3.05. The molecule has 0 amide bonds. The fraction of sp³-hybridized carbons (Fsp3) is 0.300. The highest BCUT2D eigenvalue weighted by atomic mass is 35.5. The molecule has 1 heterocycles. The van der Waals surface area contributed by atoms with Gasteiger partial charge in [-0.05, 0) is 49.1 Å². The first kappa shape index (κ1) is 16.1. The number of halogens is 1. The van der Waals surface area contributed by atoms with Crippen molar-refractivity contribution in [3.05, 3.63) is 70.9 Å². The van der Waals surface area contributed by atoms with Gasteiger partial charge >= 0.3 is 0 Å². The largest absolute Gasteiger partial charge is 0.361 e. The van der Waals surface area contributed by atoms with Crippen molar-refractivity contribution >= 4 is 22.5 Å². The maximum Gasteiger partial charge on any atom is 0.0456 e. The van der Waals surface area contributed by atoms with Crippen LogP contribution in [0.3, 0.4) is 0 Å². The first-order valence-electron chi connectivity index (χ1n) is 8.14. The highest BCUT2D eigenvalue weighted by Gasteiger charge is 2.23. The molecule has 1 unspecified atom stereocenters. The summed E-state index contributed by atoms with van der Waals surface area (Å²) in [5.41, 5.74) is 3.89. The number of hydrogen-bond donors (Lipinski definition) is 2. The molecule has 2 N–H and O–H groups in total. The number of benzene rings is 2. The Kier molecular flexibility index (Phi) is 4.74. The van der Waals surface area contributed by atoms with Crippen molar-refractivity contribution in [1.82, 2.24) is 10.3 Å². The molecular weight excluding hydrogens is 304 g/mol. The molecule has 0 aliphatic rings. The topological polar surface area (TPSA) is 27.8 Å². The molecule has 3 rings (SSSR count). The van der Waals surface area contributed by atoms with Gasteiger partial charge in [0.15, 0.2) is 0 Å². The SMILES string of the molecule is CCC(C)(Cc1c[nH]c2ccccc12)NCc1ccc(Cl)cc1. The van der Waals surface area contributed by atoms with Gasteiger partial charge in [-0.15, -0.1) is 0 Å². The smallest absolute Gasteiger partial charge is 0.0456 e. The van der Waals surface area contributed by atoms with Crippen molar-refractivity contribution in [2.45, 2.75) is 38.8 Å². The van der Waals surface area contributed by atoms with Crippen LogP contribution in [0.4, 0.5) is 0 Å². The van der Waals surface area contributed by atoms with E-state index in [1.807, 2.05) is 12.1 Å². The van der Waals surface area contributed by atoms with Crippen LogP contribution in [0, 0.1) is 0 Å². The first-order chi connectivity index (χ1) is 11.1. The van der Waals surface area contributed by atoms with Gasteiger partial charge in [0, 0.05) is 34.2 Å². The summed E-state index contributed by atoms with van der Waals surface area (Å²) in [6.07, 6.45) is 4.21. The lowest BCUT2D eigenvalue weighted by atomic mass is 9.89. The summed E-state index contributed by atoms with van der Waals surface area (Å²) < 4.78 is 0. The average molecular weight is 327 g/mol. The Morgan fingerprint density at radius 3 is 2.57 bits per heavy atom. The lowest BCUT2D eigenvalue weighted by Gasteiger charge is -2.30. The predicted molar refractivity (Wildman–Crippen MR) is 99.0 cm³/mol. The second-order valence-electron chi connectivity index (χ2n) is 6.43. The van der Waals surface area contributed by atoms with Crippen LogP contribution in [0.15, 0.2) is 54.7 Å². The van der Waals surface area contributed by atoms with E-state index in [0.717, 1.165) is 24.4 Å². The van der Waals surface area contributed by atoms with Crippen LogP contribution >= 0.6 is 11.6 Å². The van der Waals surface area contributed by atoms with Gasteiger partial charge in [0.05, 0.1) is 0 Å². The molecule has 3 heteroatoms. The minimum atomic E-state index is 0.0601. The van der Waals surface area contributed by atoms with Crippen LogP contribution in [0.2, 0.25) is 5.02 Å². The number of para-hydroxylation sites is 1. The fourth-order valence-electron chi connectivity index (χ4n) is 2.93. The standard InChI is InChI=1S/C20H23ClN2/c1-3-20(2,23-13-15-8-10-17(21)11-9-15)12-16-14-22-19-7-5-4-6-18(16)19/h4-11,14,22-23H,3,12-13H2,1-2H3. The highest BCUT2D eigenvalue weighted by Crippen LogP contribution is 2.24. The molecule has 0 saturated carbocycles. The normalized spacial score (nSPS) is 14.0. The Morgan fingerprint density at radius 2 is 1.83 bits per heavy atom. The molecule has 0 aliphatic carbocycles. The van der Waals surface area contributed by atoms with Crippen LogP contribution in [0.25, 0.3) is 10.9 Å². The summed E-state index contributed by atoms with van der Waals surface area (Å²) in [5, 5.41) is 5.83. The molecule has 0 spiro atoms. The van der Waals surface area contributed by atoms with E-state index in [1.165, 1.54) is 22.0 Å². The summed E-state index contributed by atoms with van der Waals surface area (Å²) >= 11 is 5.96. The molecule has 1 aromatic heterocycles. The van der Waals surface area contributed by atoms with Crippen LogP contribution in [-0.4, -0.2) is 10.5 Å². The predicted octanol–water partition coefficient (Wildman–Crippen LogP) is 5.32. The highest BCUT2D eigenvalue weighted by molar-refractivity contribution is 6.30. The quantitative estimate of drug-likeness (QED) is 0.630. The summed E-state index contributed by atoms with van der Waals surface area (Å²) in [4.78, 5) is 3.37. The molecule has 23 heavy (non-hydrogen) atoms. The third kappa shape index (κ3) is 3.77. The molecule has 0 aliphatic heterocycles. The second kappa shape index (κ2) is 6.77. The van der Waals surface area contributed by atoms with E-state index in [-0.39, 0.29) is 5.54 Å². The van der Waals surface area contributed by atoms with Crippen LogP contribution in [0.1, 0.15) is 31.4 Å². The van der Waals surface area contributed by atoms with Crippen molar-refractivity contribution < 1.29 is 0 Å². The van der Waals surface area contributed by atoms with Gasteiger partial charge in [-0.2, -0.15) is 0 Å². The monoisotopic (exact) mass is 326 g/mol. The third-order valence-electron chi connectivity index (χ3n) is 4.67. The van der Waals surface area contributed by atoms with E-state index in [2.05, 4.69) is 66.7 Å². The number of H-pyrrole nitrogens is 1. The molecule has 0 bridgehead atoms. The van der Waals surface area contributed by atoms with Crippen molar-refractivity contribution in [2.75, 3.05) is 0 Å². The minimum Gasteiger partial charge on any atom is -0.361 e.